The van der Waals surface area contributed by atoms with Crippen LogP contribution in [-0.4, -0.2) is 48.5 Å². The molecule has 0 N–H and O–H groups in total. The number of rotatable bonds is 7. The van der Waals surface area contributed by atoms with E-state index < -0.39 is 41.2 Å². The van der Waals surface area contributed by atoms with Gasteiger partial charge in [-0.1, -0.05) is 5.16 Å². The van der Waals surface area contributed by atoms with Crippen molar-refractivity contribution in [2.75, 3.05) is 13.7 Å². The van der Waals surface area contributed by atoms with E-state index in [-0.39, 0.29) is 6.61 Å². The monoisotopic (exact) mass is 301 g/mol. The molecule has 8 nitrogen and oxygen atoms in total. The number of ketones is 2. The van der Waals surface area contributed by atoms with Crippen LogP contribution in [0, 0.1) is 0 Å². The van der Waals surface area contributed by atoms with E-state index >= 15 is 0 Å². The molecule has 0 saturated heterocycles. The molecule has 0 fully saturated rings. The Labute approximate surface area is 122 Å². The summed E-state index contributed by atoms with van der Waals surface area (Å²) in [7, 11) is 1.13. The topological polar surface area (TPSA) is 108 Å². The average Bonchev–Trinajstić information content (AvgIpc) is 2.33. The molecule has 0 amide bonds. The molecule has 0 bridgehead atoms. The zero-order valence-corrected chi connectivity index (χ0v) is 12.7. The zero-order valence-electron chi connectivity index (χ0n) is 12.7. The zero-order chi connectivity index (χ0) is 16.6. The van der Waals surface area contributed by atoms with Gasteiger partial charge in [0.25, 0.3) is 0 Å². The highest BCUT2D eigenvalue weighted by Gasteiger charge is 2.30. The molecule has 0 aromatic rings. The van der Waals surface area contributed by atoms with E-state index in [4.69, 9.17) is 4.74 Å². The first-order valence-corrected chi connectivity index (χ1v) is 6.20. The van der Waals surface area contributed by atoms with Gasteiger partial charge < -0.3 is 14.3 Å². The second kappa shape index (κ2) is 8.13. The summed E-state index contributed by atoms with van der Waals surface area (Å²) in [6.45, 7) is 6.33. The number of hydrogen-bond donors (Lipinski definition) is 0. The van der Waals surface area contributed by atoms with Crippen molar-refractivity contribution >= 4 is 29.2 Å². The Morgan fingerprint density at radius 3 is 2.00 bits per heavy atom. The van der Waals surface area contributed by atoms with Crippen LogP contribution in [0.5, 0.6) is 0 Å². The quantitative estimate of drug-likeness (QED) is 0.220. The molecule has 118 valence electrons. The number of Topliss-reactive ketones (excluding diaryl/α,β-unsaturated/α-hetero) is 2. The minimum Gasteiger partial charge on any atom is -0.460 e. The number of ether oxygens (including phenoxy) is 2. The summed E-state index contributed by atoms with van der Waals surface area (Å²) in [6.07, 6.45) is -0.847. The third-order valence-corrected chi connectivity index (χ3v) is 1.86. The van der Waals surface area contributed by atoms with Crippen LogP contribution in [0.4, 0.5) is 0 Å². The van der Waals surface area contributed by atoms with Gasteiger partial charge in [-0.3, -0.25) is 9.59 Å². The highest BCUT2D eigenvalue weighted by Crippen LogP contribution is 2.08. The van der Waals surface area contributed by atoms with E-state index in [2.05, 4.69) is 14.7 Å². The summed E-state index contributed by atoms with van der Waals surface area (Å²) < 4.78 is 9.42. The number of nitrogens with zero attached hydrogens (tertiary/aromatic N) is 1. The lowest BCUT2D eigenvalue weighted by Gasteiger charge is -2.19. The smallest absolute Gasteiger partial charge is 0.375 e. The van der Waals surface area contributed by atoms with Gasteiger partial charge in [0.05, 0.1) is 13.0 Å². The highest BCUT2D eigenvalue weighted by molar-refractivity contribution is 6.66. The third kappa shape index (κ3) is 7.19. The Balaban J connectivity index is 4.95. The molecule has 0 spiro atoms. The first-order valence-electron chi connectivity index (χ1n) is 6.20. The molecule has 0 heterocycles. The molecule has 0 atom stereocenters. The summed E-state index contributed by atoms with van der Waals surface area (Å²) in [5, 5.41) is 3.25. The molecule has 0 radical (unpaired) electrons. The van der Waals surface area contributed by atoms with Crippen LogP contribution < -0.4 is 0 Å². The van der Waals surface area contributed by atoms with E-state index in [9.17, 15) is 19.2 Å². The van der Waals surface area contributed by atoms with Gasteiger partial charge in [-0.2, -0.15) is 0 Å². The summed E-state index contributed by atoms with van der Waals surface area (Å²) in [4.78, 5) is 50.6. The minimum atomic E-state index is -1.15. The van der Waals surface area contributed by atoms with Crippen LogP contribution in [0.15, 0.2) is 5.16 Å². The number of esters is 2. The van der Waals surface area contributed by atoms with Crippen molar-refractivity contribution in [3.63, 3.8) is 0 Å². The maximum Gasteiger partial charge on any atom is 0.375 e. The van der Waals surface area contributed by atoms with Gasteiger partial charge in [-0.05, 0) is 27.7 Å². The Bertz CT molecular complexity index is 460. The van der Waals surface area contributed by atoms with Crippen molar-refractivity contribution in [1.29, 1.82) is 0 Å². The fourth-order valence-electron chi connectivity index (χ4n) is 1.13. The van der Waals surface area contributed by atoms with Crippen LogP contribution >= 0.6 is 0 Å². The van der Waals surface area contributed by atoms with Gasteiger partial charge in [-0.15, -0.1) is 0 Å². The molecule has 0 aliphatic heterocycles. The van der Waals surface area contributed by atoms with Crippen molar-refractivity contribution in [1.82, 2.24) is 0 Å². The molecule has 0 rings (SSSR count). The van der Waals surface area contributed by atoms with Crippen LogP contribution in [0.1, 0.15) is 34.1 Å². The Morgan fingerprint density at radius 2 is 1.57 bits per heavy atom. The maximum atomic E-state index is 11.8. The minimum absolute atomic E-state index is 0.00382. The van der Waals surface area contributed by atoms with E-state index in [0.29, 0.717) is 0 Å². The molecule has 8 heteroatoms. The van der Waals surface area contributed by atoms with E-state index in [0.717, 1.165) is 7.11 Å². The highest BCUT2D eigenvalue weighted by atomic mass is 16.6. The Hall–Kier alpha value is -2.25. The van der Waals surface area contributed by atoms with Gasteiger partial charge in [0.2, 0.25) is 11.5 Å². The van der Waals surface area contributed by atoms with Crippen molar-refractivity contribution < 1.29 is 33.5 Å². The normalized spacial score (nSPS) is 11.6. The fourth-order valence-corrected chi connectivity index (χ4v) is 1.13. The lowest BCUT2D eigenvalue weighted by molar-refractivity contribution is -0.154. The van der Waals surface area contributed by atoms with Crippen LogP contribution in [0.25, 0.3) is 0 Å². The molecular weight excluding hydrogens is 282 g/mol. The number of oxime groups is 1. The van der Waals surface area contributed by atoms with E-state index in [1.807, 2.05) is 0 Å². The van der Waals surface area contributed by atoms with Crippen molar-refractivity contribution in [3.8, 4) is 0 Å². The van der Waals surface area contributed by atoms with Crippen molar-refractivity contribution in [2.24, 2.45) is 5.16 Å². The number of hydrogen-bond acceptors (Lipinski definition) is 8. The number of carbonyl (C=O) groups excluding carboxylic acids is 4. The largest absolute Gasteiger partial charge is 0.460 e. The van der Waals surface area contributed by atoms with Gasteiger partial charge >= 0.3 is 11.9 Å². The van der Waals surface area contributed by atoms with E-state index in [1.165, 1.54) is 6.92 Å². The molecule has 0 aromatic carbocycles. The second-order valence-electron chi connectivity index (χ2n) is 4.87. The molecule has 0 unspecified atom stereocenters. The van der Waals surface area contributed by atoms with Crippen LogP contribution in [0.3, 0.4) is 0 Å². The Kier molecular flexibility index (Phi) is 7.26. The first-order chi connectivity index (χ1) is 9.62. The lowest BCUT2D eigenvalue weighted by atomic mass is 10.1. The summed E-state index contributed by atoms with van der Waals surface area (Å²) >= 11 is 0. The van der Waals surface area contributed by atoms with Crippen LogP contribution in [-0.2, 0) is 33.5 Å². The third-order valence-electron chi connectivity index (χ3n) is 1.86. The standard InChI is InChI=1S/C13H19NO7/c1-6-20-11(17)9(16)7-8(15)10(14-19-5)12(18)21-13(2,3)4/h6-7H2,1-5H3. The summed E-state index contributed by atoms with van der Waals surface area (Å²) in [5.41, 5.74) is -1.54. The lowest BCUT2D eigenvalue weighted by Crippen LogP contribution is -2.35. The summed E-state index contributed by atoms with van der Waals surface area (Å²) in [5.74, 6) is -4.24. The first kappa shape index (κ1) is 18.8. The Morgan fingerprint density at radius 1 is 1.00 bits per heavy atom. The maximum absolute atomic E-state index is 11.8. The second-order valence-corrected chi connectivity index (χ2v) is 4.87. The molecule has 0 aliphatic rings. The van der Waals surface area contributed by atoms with Gasteiger partial charge in [0.15, 0.2) is 5.78 Å². The predicted molar refractivity (Wildman–Crippen MR) is 71.6 cm³/mol. The van der Waals surface area contributed by atoms with E-state index in [1.54, 1.807) is 20.8 Å². The van der Waals surface area contributed by atoms with Gasteiger partial charge in [0.1, 0.15) is 12.7 Å². The molecule has 0 aromatic heterocycles. The van der Waals surface area contributed by atoms with Crippen molar-refractivity contribution in [3.05, 3.63) is 0 Å². The summed E-state index contributed by atoms with van der Waals surface area (Å²) in [6, 6.07) is 0. The molecule has 0 aliphatic carbocycles. The number of carbonyl (C=O) groups is 4. The molecule has 0 saturated carbocycles. The SMILES string of the molecule is CCOC(=O)C(=O)CC(=O)C(=NOC)C(=O)OC(C)(C)C. The average molecular weight is 301 g/mol. The van der Waals surface area contributed by atoms with Crippen molar-refractivity contribution in [2.45, 2.75) is 39.7 Å². The van der Waals surface area contributed by atoms with Crippen LogP contribution in [0.2, 0.25) is 0 Å². The predicted octanol–water partition coefficient (Wildman–Crippen LogP) is 0.422. The molecular formula is C13H19NO7. The van der Waals surface area contributed by atoms with Gasteiger partial charge in [0, 0.05) is 0 Å². The molecule has 21 heavy (non-hydrogen) atoms. The fraction of sp³-hybridized carbons (Fsp3) is 0.615. The van der Waals surface area contributed by atoms with Gasteiger partial charge in [-0.25, -0.2) is 9.59 Å².